The van der Waals surface area contributed by atoms with E-state index in [2.05, 4.69) is 14.8 Å². The Kier molecular flexibility index (Phi) is 8.83. The highest BCUT2D eigenvalue weighted by Gasteiger charge is 2.34. The van der Waals surface area contributed by atoms with Crippen molar-refractivity contribution >= 4 is 15.7 Å². The Labute approximate surface area is 264 Å². The number of aromatic nitrogens is 3. The van der Waals surface area contributed by atoms with Gasteiger partial charge in [0.25, 0.3) is 5.91 Å². The average molecular weight is 681 g/mol. The van der Waals surface area contributed by atoms with Gasteiger partial charge in [0.15, 0.2) is 27.2 Å². The fourth-order valence-electron chi connectivity index (χ4n) is 5.05. The number of alkyl halides is 6. The lowest BCUT2D eigenvalue weighted by Gasteiger charge is -2.23. The molecule has 2 atom stereocenters. The minimum Gasteiger partial charge on any atom is -0.441 e. The largest absolute Gasteiger partial charge is 0.573 e. The summed E-state index contributed by atoms with van der Waals surface area (Å²) in [5.41, 5.74) is 1.77. The summed E-state index contributed by atoms with van der Waals surface area (Å²) in [5, 5.41) is 5.94. The number of sulfone groups is 1. The fourth-order valence-corrected chi connectivity index (χ4v) is 5.72. The number of ether oxygens (including phenoxy) is 1. The zero-order valence-corrected chi connectivity index (χ0v) is 25.7. The Morgan fingerprint density at radius 3 is 2.45 bits per heavy atom. The van der Waals surface area contributed by atoms with Crippen LogP contribution in [0.15, 0.2) is 88.0 Å². The average Bonchev–Trinajstić information content (AvgIpc) is 3.61. The number of aryl methyl sites for hydroxylation is 1. The molecule has 4 aromatic rings. The van der Waals surface area contributed by atoms with E-state index in [1.54, 1.807) is 49.5 Å². The molecule has 2 heterocycles. The maximum atomic E-state index is 12.9. The molecular weight excluding hydrogens is 654 g/mol. The van der Waals surface area contributed by atoms with Crippen LogP contribution in [-0.2, 0) is 14.6 Å². The Hall–Kier alpha value is -4.86. The van der Waals surface area contributed by atoms with Gasteiger partial charge in [0.1, 0.15) is 12.3 Å². The highest BCUT2D eigenvalue weighted by molar-refractivity contribution is 7.90. The first-order valence-electron chi connectivity index (χ1n) is 13.9. The molecule has 47 heavy (non-hydrogen) atoms. The van der Waals surface area contributed by atoms with Gasteiger partial charge < -0.3 is 14.5 Å². The molecule has 1 N–H and O–H groups in total. The molecule has 1 aliphatic carbocycles. The SMILES string of the molecule is Cc1nc(C2C=CC(OC(F)(F)F)=CC2C)c(-c2cc(-c3cccc(S(C)(=O)=O)c3)ccc2-n2ccc(C(=O)NCC(F)(F)F)n2)o1. The number of nitrogens with zero attached hydrogens (tertiary/aromatic N) is 3. The van der Waals surface area contributed by atoms with E-state index < -0.39 is 46.7 Å². The highest BCUT2D eigenvalue weighted by atomic mass is 32.2. The zero-order valence-electron chi connectivity index (χ0n) is 24.8. The standard InChI is InChI=1S/C31H26F6N4O5S/c1-17-13-21(46-31(35,36)37)8-9-23(17)27-28(45-18(2)39-27)24-15-20(19-5-4-6-22(14-19)47(3,43)44)7-10-26(24)41-12-11-25(40-41)29(42)38-16-30(32,33)34/h4-15,17,23H,16H2,1-3H3,(H,38,42). The highest BCUT2D eigenvalue weighted by Crippen LogP contribution is 2.41. The molecule has 0 radical (unpaired) electrons. The second kappa shape index (κ2) is 12.4. The molecule has 9 nitrogen and oxygen atoms in total. The van der Waals surface area contributed by atoms with E-state index in [-0.39, 0.29) is 28.0 Å². The molecule has 0 fully saturated rings. The number of benzene rings is 2. The van der Waals surface area contributed by atoms with E-state index >= 15 is 0 Å². The van der Waals surface area contributed by atoms with Crippen LogP contribution in [0.2, 0.25) is 0 Å². The number of nitrogens with one attached hydrogen (secondary N) is 1. The molecular formula is C31H26F6N4O5S. The second-order valence-corrected chi connectivity index (χ2v) is 12.8. The third kappa shape index (κ3) is 7.93. The van der Waals surface area contributed by atoms with E-state index in [1.807, 2.05) is 0 Å². The van der Waals surface area contributed by atoms with Gasteiger partial charge in [0, 0.05) is 30.9 Å². The Morgan fingerprint density at radius 2 is 1.79 bits per heavy atom. The maximum Gasteiger partial charge on any atom is 0.573 e. The normalized spacial score (nSPS) is 17.0. The number of amides is 1. The molecule has 1 amide bonds. The molecule has 2 unspecified atom stereocenters. The summed E-state index contributed by atoms with van der Waals surface area (Å²) in [4.78, 5) is 17.0. The van der Waals surface area contributed by atoms with Crippen LogP contribution in [0, 0.1) is 12.8 Å². The van der Waals surface area contributed by atoms with E-state index in [1.165, 1.54) is 47.3 Å². The van der Waals surface area contributed by atoms with Crippen molar-refractivity contribution in [3.05, 3.63) is 96.0 Å². The molecule has 0 bridgehead atoms. The predicted molar refractivity (Wildman–Crippen MR) is 157 cm³/mol. The zero-order chi connectivity index (χ0) is 34.3. The number of hydrogen-bond donors (Lipinski definition) is 1. The maximum absolute atomic E-state index is 12.9. The van der Waals surface area contributed by atoms with Gasteiger partial charge in [-0.3, -0.25) is 4.79 Å². The Bertz CT molecular complexity index is 1990. The topological polar surface area (TPSA) is 116 Å². The first-order valence-corrected chi connectivity index (χ1v) is 15.8. The molecule has 5 rings (SSSR count). The summed E-state index contributed by atoms with van der Waals surface area (Å²) in [5.74, 6) is -2.13. The third-order valence-corrected chi connectivity index (χ3v) is 8.24. The molecule has 0 aliphatic heterocycles. The molecule has 2 aromatic heterocycles. The quantitative estimate of drug-likeness (QED) is 0.201. The number of allylic oxidation sites excluding steroid dienone is 3. The molecule has 0 saturated heterocycles. The van der Waals surface area contributed by atoms with Crippen LogP contribution in [0.3, 0.4) is 0 Å². The van der Waals surface area contributed by atoms with E-state index in [4.69, 9.17) is 4.42 Å². The van der Waals surface area contributed by atoms with Gasteiger partial charge in [-0.1, -0.05) is 31.2 Å². The summed E-state index contributed by atoms with van der Waals surface area (Å²) in [6.07, 6.45) is -3.09. The number of carbonyl (C=O) groups excluding carboxylic acids is 1. The van der Waals surface area contributed by atoms with Crippen molar-refractivity contribution in [3.63, 3.8) is 0 Å². The molecule has 0 saturated carbocycles. The van der Waals surface area contributed by atoms with Crippen molar-refractivity contribution in [1.82, 2.24) is 20.1 Å². The number of halogens is 6. The lowest BCUT2D eigenvalue weighted by atomic mass is 9.85. The van der Waals surface area contributed by atoms with Crippen LogP contribution < -0.4 is 5.32 Å². The van der Waals surface area contributed by atoms with Gasteiger partial charge in [-0.15, -0.1) is 13.2 Å². The van der Waals surface area contributed by atoms with Crippen LogP contribution in [0.1, 0.15) is 34.9 Å². The van der Waals surface area contributed by atoms with Crippen LogP contribution in [0.25, 0.3) is 28.1 Å². The summed E-state index contributed by atoms with van der Waals surface area (Å²) < 4.78 is 112. The lowest BCUT2D eigenvalue weighted by Crippen LogP contribution is -2.34. The number of carbonyl (C=O) groups is 1. The number of rotatable bonds is 8. The summed E-state index contributed by atoms with van der Waals surface area (Å²) in [6, 6.07) is 12.3. The summed E-state index contributed by atoms with van der Waals surface area (Å²) >= 11 is 0. The van der Waals surface area contributed by atoms with Gasteiger partial charge in [0.05, 0.1) is 16.3 Å². The van der Waals surface area contributed by atoms with Gasteiger partial charge in [-0.05, 0) is 59.5 Å². The van der Waals surface area contributed by atoms with E-state index in [9.17, 15) is 39.6 Å². The monoisotopic (exact) mass is 680 g/mol. The molecule has 1 aliphatic rings. The van der Waals surface area contributed by atoms with Gasteiger partial charge in [-0.25, -0.2) is 18.1 Å². The van der Waals surface area contributed by atoms with Gasteiger partial charge >= 0.3 is 12.5 Å². The predicted octanol–water partition coefficient (Wildman–Crippen LogP) is 6.91. The first-order chi connectivity index (χ1) is 21.9. The van der Waals surface area contributed by atoms with Crippen molar-refractivity contribution in [2.75, 3.05) is 12.8 Å². The first kappa shape index (κ1) is 33.5. The van der Waals surface area contributed by atoms with Crippen LogP contribution in [-0.4, -0.2) is 54.4 Å². The lowest BCUT2D eigenvalue weighted by molar-refractivity contribution is -0.303. The van der Waals surface area contributed by atoms with Crippen molar-refractivity contribution < 1.29 is 48.7 Å². The van der Waals surface area contributed by atoms with Crippen LogP contribution in [0.5, 0.6) is 0 Å². The molecule has 2 aromatic carbocycles. The van der Waals surface area contributed by atoms with Gasteiger partial charge in [0.2, 0.25) is 0 Å². The Balaban J connectivity index is 1.62. The molecule has 16 heteroatoms. The van der Waals surface area contributed by atoms with Crippen molar-refractivity contribution in [3.8, 4) is 28.1 Å². The number of hydrogen-bond acceptors (Lipinski definition) is 7. The summed E-state index contributed by atoms with van der Waals surface area (Å²) in [7, 11) is -3.55. The van der Waals surface area contributed by atoms with Crippen LogP contribution >= 0.6 is 0 Å². The molecule has 0 spiro atoms. The molecule has 248 valence electrons. The van der Waals surface area contributed by atoms with E-state index in [0.717, 1.165) is 6.26 Å². The third-order valence-electron chi connectivity index (χ3n) is 7.13. The number of oxazole rings is 1. The summed E-state index contributed by atoms with van der Waals surface area (Å²) in [6.45, 7) is 1.70. The van der Waals surface area contributed by atoms with Crippen molar-refractivity contribution in [2.45, 2.75) is 37.2 Å². The van der Waals surface area contributed by atoms with Crippen molar-refractivity contribution in [2.24, 2.45) is 5.92 Å². The fraction of sp³-hybridized carbons (Fsp3) is 0.258. The van der Waals surface area contributed by atoms with Crippen molar-refractivity contribution in [1.29, 1.82) is 0 Å². The minimum absolute atomic E-state index is 0.0725. The second-order valence-electron chi connectivity index (χ2n) is 10.8. The van der Waals surface area contributed by atoms with E-state index in [0.29, 0.717) is 28.1 Å². The van der Waals surface area contributed by atoms with Gasteiger partial charge in [-0.2, -0.15) is 18.3 Å². The smallest absolute Gasteiger partial charge is 0.441 e. The van der Waals surface area contributed by atoms with Crippen LogP contribution in [0.4, 0.5) is 26.3 Å². The minimum atomic E-state index is -4.88. The Morgan fingerprint density at radius 1 is 1.06 bits per heavy atom.